The van der Waals surface area contributed by atoms with E-state index in [9.17, 15) is 14.3 Å². The van der Waals surface area contributed by atoms with Crippen molar-refractivity contribution in [2.24, 2.45) is 0 Å². The van der Waals surface area contributed by atoms with E-state index in [1.807, 2.05) is 31.4 Å². The number of aromatic hydroxyl groups is 1. The van der Waals surface area contributed by atoms with E-state index in [0.717, 1.165) is 33.3 Å². The Labute approximate surface area is 172 Å². The normalized spacial score (nSPS) is 11.1. The fourth-order valence-electron chi connectivity index (χ4n) is 3.64. The van der Waals surface area contributed by atoms with E-state index < -0.39 is 0 Å². The number of hydrogen-bond donors (Lipinski definition) is 3. The molecule has 4 aromatic rings. The van der Waals surface area contributed by atoms with Gasteiger partial charge in [-0.15, -0.1) is 11.3 Å². The van der Waals surface area contributed by atoms with Crippen molar-refractivity contribution in [3.63, 3.8) is 0 Å². The minimum atomic E-state index is -0.262. The predicted molar refractivity (Wildman–Crippen MR) is 115 cm³/mol. The maximum atomic E-state index is 14.1. The number of aromatic nitrogens is 1. The van der Waals surface area contributed by atoms with Crippen molar-refractivity contribution in [3.8, 4) is 16.9 Å². The van der Waals surface area contributed by atoms with Crippen LogP contribution in [0.5, 0.6) is 5.75 Å². The first-order valence-electron chi connectivity index (χ1n) is 9.36. The van der Waals surface area contributed by atoms with Crippen LogP contribution in [0.15, 0.2) is 47.8 Å². The molecule has 2 aromatic heterocycles. The number of benzene rings is 2. The highest BCUT2D eigenvalue weighted by molar-refractivity contribution is 7.12. The summed E-state index contributed by atoms with van der Waals surface area (Å²) >= 11 is 1.37. The fourth-order valence-corrected chi connectivity index (χ4v) is 4.47. The monoisotopic (exact) mass is 408 g/mol. The molecule has 1 amide bonds. The third-order valence-electron chi connectivity index (χ3n) is 5.09. The number of rotatable bonds is 5. The minimum Gasteiger partial charge on any atom is -0.508 e. The van der Waals surface area contributed by atoms with Crippen LogP contribution < -0.4 is 5.32 Å². The first-order valence-corrected chi connectivity index (χ1v) is 10.2. The molecule has 148 valence electrons. The number of nitrogens with one attached hydrogen (secondary N) is 2. The van der Waals surface area contributed by atoms with Crippen molar-refractivity contribution >= 4 is 28.1 Å². The van der Waals surface area contributed by atoms with Crippen molar-refractivity contribution in [1.82, 2.24) is 10.3 Å². The van der Waals surface area contributed by atoms with Gasteiger partial charge in [-0.05, 0) is 72.2 Å². The highest BCUT2D eigenvalue weighted by atomic mass is 32.1. The van der Waals surface area contributed by atoms with Crippen LogP contribution in [0.4, 0.5) is 4.39 Å². The second-order valence-electron chi connectivity index (χ2n) is 7.10. The van der Waals surface area contributed by atoms with Crippen LogP contribution in [-0.2, 0) is 6.42 Å². The van der Waals surface area contributed by atoms with Crippen molar-refractivity contribution < 1.29 is 14.3 Å². The van der Waals surface area contributed by atoms with E-state index in [0.29, 0.717) is 23.4 Å². The third-order valence-corrected chi connectivity index (χ3v) is 6.02. The lowest BCUT2D eigenvalue weighted by molar-refractivity contribution is 0.0958. The second-order valence-corrected chi connectivity index (χ2v) is 8.01. The Bertz CT molecular complexity index is 1210. The van der Waals surface area contributed by atoms with Crippen LogP contribution in [0.3, 0.4) is 0 Å². The third kappa shape index (κ3) is 3.76. The zero-order valence-electron chi connectivity index (χ0n) is 16.2. The summed E-state index contributed by atoms with van der Waals surface area (Å²) in [6.45, 7) is 4.35. The van der Waals surface area contributed by atoms with Crippen LogP contribution in [-0.4, -0.2) is 22.5 Å². The number of hydrogen-bond acceptors (Lipinski definition) is 3. The first kappa shape index (κ1) is 19.2. The quantitative estimate of drug-likeness (QED) is 0.418. The van der Waals surface area contributed by atoms with E-state index in [1.54, 1.807) is 24.3 Å². The average molecular weight is 408 g/mol. The summed E-state index contributed by atoms with van der Waals surface area (Å²) in [7, 11) is 0. The summed E-state index contributed by atoms with van der Waals surface area (Å²) < 4.78 is 14.1. The summed E-state index contributed by atoms with van der Waals surface area (Å²) in [5.41, 5.74) is 5.26. The topological polar surface area (TPSA) is 65.1 Å². The molecule has 2 aromatic carbocycles. The lowest BCUT2D eigenvalue weighted by Crippen LogP contribution is -2.25. The van der Waals surface area contributed by atoms with Gasteiger partial charge in [0, 0.05) is 17.6 Å². The van der Waals surface area contributed by atoms with Gasteiger partial charge in [-0.2, -0.15) is 0 Å². The van der Waals surface area contributed by atoms with Gasteiger partial charge in [-0.1, -0.05) is 18.2 Å². The van der Waals surface area contributed by atoms with Crippen LogP contribution in [0.1, 0.15) is 26.5 Å². The fraction of sp³-hybridized carbons (Fsp3) is 0.174. The van der Waals surface area contributed by atoms with Gasteiger partial charge in [0.1, 0.15) is 11.6 Å². The van der Waals surface area contributed by atoms with E-state index in [2.05, 4.69) is 10.3 Å². The number of phenolic OH excluding ortho intramolecular Hbond substituents is 1. The first-order chi connectivity index (χ1) is 13.9. The number of phenols is 1. The Hall–Kier alpha value is -3.12. The van der Waals surface area contributed by atoms with Gasteiger partial charge in [0.05, 0.1) is 10.4 Å². The molecule has 0 aliphatic rings. The molecular formula is C23H21FN2O2S. The number of halogens is 1. The van der Waals surface area contributed by atoms with Crippen LogP contribution >= 0.6 is 11.3 Å². The second kappa shape index (κ2) is 7.72. The van der Waals surface area contributed by atoms with Crippen molar-refractivity contribution in [3.05, 3.63) is 75.4 Å². The van der Waals surface area contributed by atoms with Gasteiger partial charge in [0.15, 0.2) is 0 Å². The number of carbonyl (C=O) groups is 1. The highest BCUT2D eigenvalue weighted by Gasteiger charge is 2.15. The van der Waals surface area contributed by atoms with E-state index in [4.69, 9.17) is 0 Å². The molecule has 0 saturated carbocycles. The van der Waals surface area contributed by atoms with E-state index in [1.165, 1.54) is 17.4 Å². The van der Waals surface area contributed by atoms with Gasteiger partial charge in [0.2, 0.25) is 0 Å². The van der Waals surface area contributed by atoms with Crippen molar-refractivity contribution in [2.75, 3.05) is 6.54 Å². The maximum Gasteiger partial charge on any atom is 0.261 e. The van der Waals surface area contributed by atoms with Gasteiger partial charge < -0.3 is 15.4 Å². The van der Waals surface area contributed by atoms with Crippen LogP contribution in [0, 0.1) is 19.7 Å². The largest absolute Gasteiger partial charge is 0.508 e. The molecule has 0 aliphatic heterocycles. The average Bonchev–Trinajstić information content (AvgIpc) is 3.31. The Morgan fingerprint density at radius 3 is 2.79 bits per heavy atom. The summed E-state index contributed by atoms with van der Waals surface area (Å²) in [5.74, 6) is -0.204. The number of aromatic amines is 1. The highest BCUT2D eigenvalue weighted by Crippen LogP contribution is 2.29. The molecule has 0 bridgehead atoms. The standard InChI is InChI=1S/C23H21FN2O2S/c1-13-6-7-19(24)22-21(13)18(14(2)26-22)8-9-25-23(28)20-11-16(12-29-20)15-4-3-5-17(27)10-15/h3-7,10-12,26-27H,8-9H2,1-2H3,(H,25,28). The Kier molecular flexibility index (Phi) is 5.11. The number of aryl methyl sites for hydroxylation is 2. The van der Waals surface area contributed by atoms with Gasteiger partial charge in [-0.25, -0.2) is 4.39 Å². The van der Waals surface area contributed by atoms with Gasteiger partial charge in [-0.3, -0.25) is 4.79 Å². The van der Waals surface area contributed by atoms with E-state index in [-0.39, 0.29) is 17.5 Å². The number of carbonyl (C=O) groups excluding carboxylic acids is 1. The molecule has 3 N–H and O–H groups in total. The molecule has 0 spiro atoms. The summed E-state index contributed by atoms with van der Waals surface area (Å²) in [5, 5.41) is 15.4. The number of amides is 1. The number of fused-ring (bicyclic) bond motifs is 1. The maximum absolute atomic E-state index is 14.1. The zero-order valence-corrected chi connectivity index (χ0v) is 17.0. The lowest BCUT2D eigenvalue weighted by atomic mass is 10.0. The smallest absolute Gasteiger partial charge is 0.261 e. The summed E-state index contributed by atoms with van der Waals surface area (Å²) in [6.07, 6.45) is 0.618. The summed E-state index contributed by atoms with van der Waals surface area (Å²) in [4.78, 5) is 16.3. The molecule has 0 aliphatic carbocycles. The molecule has 0 fully saturated rings. The molecule has 4 rings (SSSR count). The molecule has 2 heterocycles. The van der Waals surface area contributed by atoms with Crippen molar-refractivity contribution in [2.45, 2.75) is 20.3 Å². The summed E-state index contributed by atoms with van der Waals surface area (Å²) in [6, 6.07) is 12.0. The molecule has 0 radical (unpaired) electrons. The van der Waals surface area contributed by atoms with E-state index >= 15 is 0 Å². The Morgan fingerprint density at radius 2 is 2.00 bits per heavy atom. The molecule has 6 heteroatoms. The molecular weight excluding hydrogens is 387 g/mol. The minimum absolute atomic E-state index is 0.137. The molecule has 0 atom stereocenters. The number of thiophene rings is 1. The molecule has 0 saturated heterocycles. The Morgan fingerprint density at radius 1 is 1.17 bits per heavy atom. The van der Waals surface area contributed by atoms with Crippen LogP contribution in [0.25, 0.3) is 22.0 Å². The number of H-pyrrole nitrogens is 1. The zero-order chi connectivity index (χ0) is 20.5. The van der Waals surface area contributed by atoms with Gasteiger partial charge in [0.25, 0.3) is 5.91 Å². The molecule has 0 unspecified atom stereocenters. The van der Waals surface area contributed by atoms with Crippen molar-refractivity contribution in [1.29, 1.82) is 0 Å². The predicted octanol–water partition coefficient (Wildman–Crippen LogP) is 5.33. The van der Waals surface area contributed by atoms with Gasteiger partial charge >= 0.3 is 0 Å². The molecule has 29 heavy (non-hydrogen) atoms. The molecule has 4 nitrogen and oxygen atoms in total. The SMILES string of the molecule is Cc1[nH]c2c(F)ccc(C)c2c1CCNC(=O)c1cc(-c2cccc(O)c2)cs1. The Balaban J connectivity index is 1.46. The lowest BCUT2D eigenvalue weighted by Gasteiger charge is -2.06. The van der Waals surface area contributed by atoms with Crippen LogP contribution in [0.2, 0.25) is 0 Å².